The summed E-state index contributed by atoms with van der Waals surface area (Å²) >= 11 is 0. The number of carbonyl (C=O) groups is 3. The molecule has 0 aliphatic heterocycles. The minimum Gasteiger partial charge on any atom is -1.00 e. The molecular formula is C11H23N4NaO4. The van der Waals surface area contributed by atoms with Crippen LogP contribution < -0.4 is 52.1 Å². The number of hydrogen-bond donors (Lipinski definition) is 5. The number of nitrogens with one attached hydrogen (secondary N) is 1. The first kappa shape index (κ1) is 21.6. The van der Waals surface area contributed by atoms with Crippen molar-refractivity contribution in [2.24, 2.45) is 17.2 Å². The summed E-state index contributed by atoms with van der Waals surface area (Å²) in [5.41, 5.74) is 15.8. The Balaban J connectivity index is -0.00000162. The predicted molar refractivity (Wildman–Crippen MR) is 70.0 cm³/mol. The molecule has 9 heteroatoms. The van der Waals surface area contributed by atoms with Crippen LogP contribution in [0.4, 0.5) is 0 Å². The van der Waals surface area contributed by atoms with Gasteiger partial charge in [0.1, 0.15) is 6.04 Å². The predicted octanol–water partition coefficient (Wildman–Crippen LogP) is -4.61. The minimum absolute atomic E-state index is 0. The van der Waals surface area contributed by atoms with Crippen molar-refractivity contribution >= 4 is 17.8 Å². The third kappa shape index (κ3) is 10.2. The van der Waals surface area contributed by atoms with Crippen LogP contribution in [-0.2, 0) is 14.4 Å². The van der Waals surface area contributed by atoms with Gasteiger partial charge in [-0.25, -0.2) is 4.79 Å². The van der Waals surface area contributed by atoms with Crippen molar-refractivity contribution in [1.29, 1.82) is 0 Å². The van der Waals surface area contributed by atoms with E-state index in [1.165, 1.54) is 0 Å². The SMILES string of the molecule is NCCCC[C@H](NC(=O)[C@@H](N)CCC(N)=O)C(=O)O.[H-].[Na+]. The van der Waals surface area contributed by atoms with Gasteiger partial charge in [0.2, 0.25) is 11.8 Å². The fourth-order valence-electron chi connectivity index (χ4n) is 1.46. The van der Waals surface area contributed by atoms with E-state index in [9.17, 15) is 14.4 Å². The van der Waals surface area contributed by atoms with E-state index in [0.29, 0.717) is 25.8 Å². The van der Waals surface area contributed by atoms with Gasteiger partial charge in [0.05, 0.1) is 6.04 Å². The third-order valence-electron chi connectivity index (χ3n) is 2.60. The van der Waals surface area contributed by atoms with E-state index in [0.717, 1.165) is 0 Å². The van der Waals surface area contributed by atoms with Crippen LogP contribution in [-0.4, -0.2) is 41.5 Å². The zero-order valence-electron chi connectivity index (χ0n) is 12.8. The average molecular weight is 298 g/mol. The van der Waals surface area contributed by atoms with E-state index in [1.807, 2.05) is 0 Å². The zero-order chi connectivity index (χ0) is 14.8. The van der Waals surface area contributed by atoms with Gasteiger partial charge in [-0.2, -0.15) is 0 Å². The number of amides is 2. The fourth-order valence-corrected chi connectivity index (χ4v) is 1.46. The van der Waals surface area contributed by atoms with E-state index >= 15 is 0 Å². The van der Waals surface area contributed by atoms with Gasteiger partial charge in [0.25, 0.3) is 0 Å². The number of nitrogens with two attached hydrogens (primary N) is 3. The molecule has 112 valence electrons. The van der Waals surface area contributed by atoms with Gasteiger partial charge in [-0.15, -0.1) is 0 Å². The van der Waals surface area contributed by atoms with Crippen LogP contribution in [0.3, 0.4) is 0 Å². The Labute approximate surface area is 141 Å². The van der Waals surface area contributed by atoms with Crippen LogP contribution in [0.1, 0.15) is 33.5 Å². The molecule has 8 nitrogen and oxygen atoms in total. The van der Waals surface area contributed by atoms with Gasteiger partial charge in [-0.3, -0.25) is 9.59 Å². The summed E-state index contributed by atoms with van der Waals surface area (Å²) in [5.74, 6) is -2.27. The van der Waals surface area contributed by atoms with Crippen molar-refractivity contribution in [1.82, 2.24) is 5.32 Å². The molecule has 0 rings (SSSR count). The largest absolute Gasteiger partial charge is 1.00 e. The number of carboxylic acid groups (broad SMARTS) is 1. The van der Waals surface area contributed by atoms with Gasteiger partial charge in [-0.05, 0) is 32.2 Å². The summed E-state index contributed by atoms with van der Waals surface area (Å²) in [6.07, 6.45) is 1.66. The summed E-state index contributed by atoms with van der Waals surface area (Å²) in [6.45, 7) is 0.471. The Hall–Kier alpha value is -0.670. The first-order valence-corrected chi connectivity index (χ1v) is 6.15. The van der Waals surface area contributed by atoms with Gasteiger partial charge in [-0.1, -0.05) is 0 Å². The molecule has 0 unspecified atom stereocenters. The molecule has 2 atom stereocenters. The van der Waals surface area contributed by atoms with Crippen LogP contribution in [0.2, 0.25) is 0 Å². The number of hydrogen-bond acceptors (Lipinski definition) is 5. The summed E-state index contributed by atoms with van der Waals surface area (Å²) in [6, 6.07) is -1.93. The van der Waals surface area contributed by atoms with Crippen LogP contribution in [0.5, 0.6) is 0 Å². The fraction of sp³-hybridized carbons (Fsp3) is 0.727. The number of primary amides is 1. The normalized spacial score (nSPS) is 12.9. The molecule has 0 fully saturated rings. The number of aliphatic carboxylic acids is 1. The monoisotopic (exact) mass is 298 g/mol. The molecule has 0 spiro atoms. The Morgan fingerprint density at radius 3 is 2.25 bits per heavy atom. The maximum atomic E-state index is 11.6. The molecular weight excluding hydrogens is 275 g/mol. The van der Waals surface area contributed by atoms with Crippen LogP contribution >= 0.6 is 0 Å². The second kappa shape index (κ2) is 12.1. The van der Waals surface area contributed by atoms with Crippen molar-refractivity contribution in [2.45, 2.75) is 44.2 Å². The van der Waals surface area contributed by atoms with Crippen LogP contribution in [0.15, 0.2) is 0 Å². The maximum absolute atomic E-state index is 11.6. The average Bonchev–Trinajstić information content (AvgIpc) is 2.34. The Morgan fingerprint density at radius 1 is 1.20 bits per heavy atom. The van der Waals surface area contributed by atoms with E-state index in [4.69, 9.17) is 22.3 Å². The second-order valence-electron chi connectivity index (χ2n) is 4.30. The molecule has 0 aromatic heterocycles. The number of unbranched alkanes of at least 4 members (excludes halogenated alkanes) is 1. The second-order valence-corrected chi connectivity index (χ2v) is 4.30. The number of carbonyl (C=O) groups excluding carboxylic acids is 2. The summed E-state index contributed by atoms with van der Waals surface area (Å²) < 4.78 is 0. The quantitative estimate of drug-likeness (QED) is 0.201. The van der Waals surface area contributed by atoms with Crippen LogP contribution in [0.25, 0.3) is 0 Å². The Kier molecular flexibility index (Phi) is 13.1. The van der Waals surface area contributed by atoms with E-state index in [-0.39, 0.29) is 43.8 Å². The van der Waals surface area contributed by atoms with Gasteiger partial charge >= 0.3 is 35.5 Å². The van der Waals surface area contributed by atoms with Crippen LogP contribution in [0, 0.1) is 0 Å². The van der Waals surface area contributed by atoms with Gasteiger partial charge in [0.15, 0.2) is 0 Å². The van der Waals surface area contributed by atoms with E-state index in [1.54, 1.807) is 0 Å². The molecule has 0 bridgehead atoms. The molecule has 0 saturated heterocycles. The molecule has 8 N–H and O–H groups in total. The topological polar surface area (TPSA) is 162 Å². The molecule has 0 heterocycles. The third-order valence-corrected chi connectivity index (χ3v) is 2.60. The summed E-state index contributed by atoms with van der Waals surface area (Å²) in [7, 11) is 0. The van der Waals surface area contributed by atoms with Crippen molar-refractivity contribution in [3.63, 3.8) is 0 Å². The van der Waals surface area contributed by atoms with Crippen molar-refractivity contribution in [3.05, 3.63) is 0 Å². The smallest absolute Gasteiger partial charge is 1.00 e. The van der Waals surface area contributed by atoms with Gasteiger partial charge in [0, 0.05) is 6.42 Å². The molecule has 0 radical (unpaired) electrons. The standard InChI is InChI=1S/C11H22N4O4.Na.H/c12-6-2-1-3-8(11(18)19)15-10(17)7(13)4-5-9(14)16;;/h7-8H,1-6,12-13H2,(H2,14,16)(H,15,17)(H,18,19);;/q;+1;-1/t7-,8-;;/m0../s1. The number of carboxylic acids is 1. The molecule has 0 aromatic rings. The molecule has 0 aliphatic carbocycles. The first-order chi connectivity index (χ1) is 8.88. The zero-order valence-corrected chi connectivity index (χ0v) is 13.8. The molecule has 20 heavy (non-hydrogen) atoms. The van der Waals surface area contributed by atoms with Crippen molar-refractivity contribution in [3.8, 4) is 0 Å². The van der Waals surface area contributed by atoms with Crippen molar-refractivity contribution in [2.75, 3.05) is 6.54 Å². The van der Waals surface area contributed by atoms with Crippen molar-refractivity contribution < 1.29 is 50.5 Å². The summed E-state index contributed by atoms with van der Waals surface area (Å²) in [5, 5.41) is 11.3. The molecule has 0 aliphatic rings. The van der Waals surface area contributed by atoms with E-state index < -0.39 is 29.9 Å². The summed E-state index contributed by atoms with van der Waals surface area (Å²) in [4.78, 5) is 33.1. The van der Waals surface area contributed by atoms with Gasteiger partial charge < -0.3 is 29.1 Å². The maximum Gasteiger partial charge on any atom is 1.00 e. The Morgan fingerprint density at radius 2 is 1.80 bits per heavy atom. The number of rotatable bonds is 10. The molecule has 0 aromatic carbocycles. The molecule has 0 saturated carbocycles. The minimum atomic E-state index is -1.12. The van der Waals surface area contributed by atoms with E-state index in [2.05, 4.69) is 5.32 Å². The first-order valence-electron chi connectivity index (χ1n) is 6.15. The Bertz CT molecular complexity index is 333. The molecule has 2 amide bonds.